The van der Waals surface area contributed by atoms with Gasteiger partial charge in [0.1, 0.15) is 5.82 Å². The summed E-state index contributed by atoms with van der Waals surface area (Å²) in [5, 5.41) is 7.69. The summed E-state index contributed by atoms with van der Waals surface area (Å²) in [6, 6.07) is 16.4. The van der Waals surface area contributed by atoms with Crippen molar-refractivity contribution in [1.29, 1.82) is 0 Å². The first-order chi connectivity index (χ1) is 16.1. The molecule has 1 saturated heterocycles. The number of ether oxygens (including phenoxy) is 2. The molecule has 174 valence electrons. The highest BCUT2D eigenvalue weighted by Gasteiger charge is 2.20. The molecule has 2 N–H and O–H groups in total. The van der Waals surface area contributed by atoms with Crippen molar-refractivity contribution in [3.63, 3.8) is 0 Å². The number of thioether (sulfide) groups is 1. The van der Waals surface area contributed by atoms with Crippen LogP contribution in [-0.2, 0) is 16.0 Å². The molecular formula is C25H29BrN4O2S. The second-order valence-corrected chi connectivity index (χ2v) is 9.50. The molecule has 0 aliphatic carbocycles. The van der Waals surface area contributed by atoms with E-state index in [0.717, 1.165) is 63.8 Å². The van der Waals surface area contributed by atoms with E-state index in [9.17, 15) is 0 Å². The van der Waals surface area contributed by atoms with Gasteiger partial charge in [-0.1, -0.05) is 30.0 Å². The van der Waals surface area contributed by atoms with Crippen LogP contribution in [0.5, 0.6) is 0 Å². The molecule has 1 aliphatic heterocycles. The van der Waals surface area contributed by atoms with Gasteiger partial charge in [-0.05, 0) is 89.8 Å². The van der Waals surface area contributed by atoms with Crippen molar-refractivity contribution in [2.24, 2.45) is 0 Å². The Morgan fingerprint density at radius 1 is 1.21 bits per heavy atom. The van der Waals surface area contributed by atoms with Gasteiger partial charge in [0.05, 0.1) is 6.10 Å². The van der Waals surface area contributed by atoms with E-state index in [-0.39, 0.29) is 12.4 Å². The number of nitrogens with one attached hydrogen (secondary N) is 2. The summed E-state index contributed by atoms with van der Waals surface area (Å²) in [6.45, 7) is 3.53. The Morgan fingerprint density at radius 2 is 2.09 bits per heavy atom. The molecule has 33 heavy (non-hydrogen) atoms. The summed E-state index contributed by atoms with van der Waals surface area (Å²) in [5.41, 5.74) is 4.31. The van der Waals surface area contributed by atoms with E-state index in [2.05, 4.69) is 67.7 Å². The van der Waals surface area contributed by atoms with E-state index < -0.39 is 0 Å². The van der Waals surface area contributed by atoms with E-state index in [4.69, 9.17) is 9.47 Å². The van der Waals surface area contributed by atoms with E-state index >= 15 is 0 Å². The summed E-state index contributed by atoms with van der Waals surface area (Å²) in [5.74, 6) is 0.770. The molecule has 2 unspecified atom stereocenters. The number of hydrogen-bond acceptors (Lipinski definition) is 7. The lowest BCUT2D eigenvalue weighted by Crippen LogP contribution is -2.24. The van der Waals surface area contributed by atoms with Gasteiger partial charge in [-0.25, -0.2) is 9.97 Å². The lowest BCUT2D eigenvalue weighted by atomic mass is 10.0. The highest BCUT2D eigenvalue weighted by atomic mass is 79.9. The van der Waals surface area contributed by atoms with Crippen LogP contribution in [0.2, 0.25) is 0 Å². The summed E-state index contributed by atoms with van der Waals surface area (Å²) < 4.78 is 13.1. The second-order valence-electron chi connectivity index (χ2n) is 7.88. The highest BCUT2D eigenvalue weighted by molar-refractivity contribution is 9.10. The van der Waals surface area contributed by atoms with E-state index in [1.807, 2.05) is 30.5 Å². The lowest BCUT2D eigenvalue weighted by Gasteiger charge is -2.27. The van der Waals surface area contributed by atoms with Crippen molar-refractivity contribution in [3.05, 3.63) is 70.3 Å². The van der Waals surface area contributed by atoms with Gasteiger partial charge >= 0.3 is 0 Å². The Labute approximate surface area is 208 Å². The molecule has 2 heterocycles. The largest absolute Gasteiger partial charge is 0.380 e. The fourth-order valence-corrected chi connectivity index (χ4v) is 4.59. The van der Waals surface area contributed by atoms with Gasteiger partial charge in [0, 0.05) is 35.2 Å². The normalized spacial score (nSPS) is 16.9. The smallest absolute Gasteiger partial charge is 0.189 e. The lowest BCUT2D eigenvalue weighted by molar-refractivity contribution is -0.186. The SMILES string of the molecule is CSc1nccc(Nc2ccc(C(C)OC3CCCCO3)c(CNc3ccccc3Br)c2)n1. The van der Waals surface area contributed by atoms with Crippen molar-refractivity contribution in [1.82, 2.24) is 9.97 Å². The minimum absolute atomic E-state index is 0.0830. The van der Waals surface area contributed by atoms with E-state index in [1.54, 1.807) is 6.20 Å². The van der Waals surface area contributed by atoms with Gasteiger partial charge < -0.3 is 20.1 Å². The predicted octanol–water partition coefficient (Wildman–Crippen LogP) is 6.92. The number of hydrogen-bond donors (Lipinski definition) is 2. The molecular weight excluding hydrogens is 500 g/mol. The Balaban J connectivity index is 1.56. The molecule has 1 aromatic heterocycles. The minimum Gasteiger partial charge on any atom is -0.380 e. The number of halogens is 1. The van der Waals surface area contributed by atoms with Crippen molar-refractivity contribution in [3.8, 4) is 0 Å². The molecule has 0 amide bonds. The summed E-state index contributed by atoms with van der Waals surface area (Å²) in [7, 11) is 0. The quantitative estimate of drug-likeness (QED) is 0.230. The highest BCUT2D eigenvalue weighted by Crippen LogP contribution is 2.30. The Kier molecular flexibility index (Phi) is 8.61. The third kappa shape index (κ3) is 6.69. The van der Waals surface area contributed by atoms with Crippen LogP contribution in [0.25, 0.3) is 0 Å². The van der Waals surface area contributed by atoms with Gasteiger partial charge in [0.2, 0.25) is 0 Å². The van der Waals surface area contributed by atoms with Crippen LogP contribution in [0.3, 0.4) is 0 Å². The third-order valence-electron chi connectivity index (χ3n) is 5.51. The molecule has 0 bridgehead atoms. The Bertz CT molecular complexity index is 1060. The fraction of sp³-hybridized carbons (Fsp3) is 0.360. The summed E-state index contributed by atoms with van der Waals surface area (Å²) >= 11 is 5.14. The fourth-order valence-electron chi connectivity index (χ4n) is 3.80. The van der Waals surface area contributed by atoms with Crippen LogP contribution in [0.4, 0.5) is 17.2 Å². The molecule has 0 spiro atoms. The van der Waals surface area contributed by atoms with E-state index in [0.29, 0.717) is 6.54 Å². The van der Waals surface area contributed by atoms with Gasteiger partial charge in [-0.3, -0.25) is 0 Å². The first-order valence-corrected chi connectivity index (χ1v) is 13.2. The maximum atomic E-state index is 6.28. The maximum absolute atomic E-state index is 6.28. The number of anilines is 3. The zero-order valence-corrected chi connectivity index (χ0v) is 21.3. The Morgan fingerprint density at radius 3 is 2.88 bits per heavy atom. The first kappa shape index (κ1) is 24.0. The van der Waals surface area contributed by atoms with Gasteiger partial charge in [-0.2, -0.15) is 0 Å². The van der Waals surface area contributed by atoms with Crippen molar-refractivity contribution in [2.45, 2.75) is 50.3 Å². The molecule has 8 heteroatoms. The van der Waals surface area contributed by atoms with Gasteiger partial charge in [-0.15, -0.1) is 0 Å². The average molecular weight is 530 g/mol. The van der Waals surface area contributed by atoms with Crippen molar-refractivity contribution < 1.29 is 9.47 Å². The summed E-state index contributed by atoms with van der Waals surface area (Å²) in [4.78, 5) is 8.78. The van der Waals surface area contributed by atoms with Crippen LogP contribution in [0.15, 0.2) is 64.4 Å². The van der Waals surface area contributed by atoms with Crippen LogP contribution < -0.4 is 10.6 Å². The molecule has 4 rings (SSSR count). The third-order valence-corrected chi connectivity index (χ3v) is 6.76. The van der Waals surface area contributed by atoms with Gasteiger partial charge in [0.25, 0.3) is 0 Å². The summed E-state index contributed by atoms with van der Waals surface area (Å²) in [6.07, 6.45) is 6.72. The zero-order chi connectivity index (χ0) is 23.0. The zero-order valence-electron chi connectivity index (χ0n) is 18.9. The van der Waals surface area contributed by atoms with E-state index in [1.165, 1.54) is 11.8 Å². The number of rotatable bonds is 9. The Hall–Kier alpha value is -2.13. The molecule has 0 radical (unpaired) electrons. The first-order valence-electron chi connectivity index (χ1n) is 11.1. The van der Waals surface area contributed by atoms with Crippen molar-refractivity contribution in [2.75, 3.05) is 23.5 Å². The topological polar surface area (TPSA) is 68.3 Å². The monoisotopic (exact) mass is 528 g/mol. The number of benzene rings is 2. The molecule has 2 atom stereocenters. The standard InChI is InChI=1S/C25H29BrN4O2S/c1-17(32-24-9-5-6-14-31-24)20-11-10-19(29-23-12-13-27-25(30-23)33-2)15-18(20)16-28-22-8-4-3-7-21(22)26/h3-4,7-8,10-13,15,17,24,28H,5-6,9,14,16H2,1-2H3,(H,27,29,30). The molecule has 6 nitrogen and oxygen atoms in total. The number of aromatic nitrogens is 2. The molecule has 1 aliphatic rings. The van der Waals surface area contributed by atoms with Crippen LogP contribution in [-0.4, -0.2) is 29.1 Å². The van der Waals surface area contributed by atoms with Crippen molar-refractivity contribution >= 4 is 44.9 Å². The number of para-hydroxylation sites is 1. The maximum Gasteiger partial charge on any atom is 0.189 e. The van der Waals surface area contributed by atoms with Crippen LogP contribution in [0, 0.1) is 0 Å². The molecule has 0 saturated carbocycles. The van der Waals surface area contributed by atoms with Crippen LogP contribution in [0.1, 0.15) is 43.4 Å². The average Bonchev–Trinajstić information content (AvgIpc) is 2.84. The second kappa shape index (κ2) is 11.8. The van der Waals surface area contributed by atoms with Gasteiger partial charge in [0.15, 0.2) is 11.4 Å². The van der Waals surface area contributed by atoms with Crippen LogP contribution >= 0.6 is 27.7 Å². The number of nitrogens with zero attached hydrogens (tertiary/aromatic N) is 2. The molecule has 2 aromatic carbocycles. The predicted molar refractivity (Wildman–Crippen MR) is 138 cm³/mol. The molecule has 3 aromatic rings. The molecule has 1 fully saturated rings. The minimum atomic E-state index is -0.137.